The summed E-state index contributed by atoms with van der Waals surface area (Å²) >= 11 is 0. The summed E-state index contributed by atoms with van der Waals surface area (Å²) in [7, 11) is 1.89. The Hall–Kier alpha value is -1.68. The van der Waals surface area contributed by atoms with Gasteiger partial charge in [0.25, 0.3) is 0 Å². The highest BCUT2D eigenvalue weighted by atomic mass is 19.1. The van der Waals surface area contributed by atoms with E-state index in [1.54, 1.807) is 16.8 Å². The molecule has 1 N–H and O–H groups in total. The van der Waals surface area contributed by atoms with Crippen LogP contribution in [0.5, 0.6) is 0 Å². The fourth-order valence-electron chi connectivity index (χ4n) is 1.74. The monoisotopic (exact) mass is 233 g/mol. The van der Waals surface area contributed by atoms with Gasteiger partial charge < -0.3 is 5.32 Å². The zero-order valence-corrected chi connectivity index (χ0v) is 10.1. The zero-order valence-electron chi connectivity index (χ0n) is 10.1. The molecule has 0 unspecified atom stereocenters. The Kier molecular flexibility index (Phi) is 3.54. The molecule has 2 rings (SSSR count). The molecular weight excluding hydrogens is 217 g/mol. The van der Waals surface area contributed by atoms with E-state index in [9.17, 15) is 4.39 Å². The fraction of sp³-hybridized carbons (Fsp3) is 0.308. The first-order valence-corrected chi connectivity index (χ1v) is 5.58. The number of hydrogen-bond acceptors (Lipinski definition) is 2. The SMILES string of the molecule is Cc1ccc(F)cc1CNCc1cnn(C)c1. The topological polar surface area (TPSA) is 29.9 Å². The van der Waals surface area contributed by atoms with Gasteiger partial charge in [-0.25, -0.2) is 4.39 Å². The van der Waals surface area contributed by atoms with Crippen LogP contribution >= 0.6 is 0 Å². The molecule has 0 amide bonds. The average Bonchev–Trinajstić information content (AvgIpc) is 2.69. The van der Waals surface area contributed by atoms with Crippen molar-refractivity contribution < 1.29 is 4.39 Å². The van der Waals surface area contributed by atoms with E-state index in [1.807, 2.05) is 26.4 Å². The van der Waals surface area contributed by atoms with Crippen LogP contribution in [0.1, 0.15) is 16.7 Å². The summed E-state index contributed by atoms with van der Waals surface area (Å²) in [6.07, 6.45) is 3.79. The second-order valence-electron chi connectivity index (χ2n) is 4.20. The minimum atomic E-state index is -0.186. The smallest absolute Gasteiger partial charge is 0.123 e. The van der Waals surface area contributed by atoms with Gasteiger partial charge >= 0.3 is 0 Å². The van der Waals surface area contributed by atoms with Crippen molar-refractivity contribution >= 4 is 0 Å². The second kappa shape index (κ2) is 5.10. The molecule has 0 aliphatic rings. The third-order valence-corrected chi connectivity index (χ3v) is 2.71. The van der Waals surface area contributed by atoms with Crippen LogP contribution in [-0.2, 0) is 20.1 Å². The second-order valence-corrected chi connectivity index (χ2v) is 4.20. The first kappa shape index (κ1) is 11.8. The van der Waals surface area contributed by atoms with Crippen molar-refractivity contribution in [2.24, 2.45) is 7.05 Å². The summed E-state index contributed by atoms with van der Waals surface area (Å²) < 4.78 is 14.8. The molecule has 3 nitrogen and oxygen atoms in total. The highest BCUT2D eigenvalue weighted by Crippen LogP contribution is 2.10. The van der Waals surface area contributed by atoms with Gasteiger partial charge in [0.2, 0.25) is 0 Å². The highest BCUT2D eigenvalue weighted by Gasteiger charge is 2.01. The third-order valence-electron chi connectivity index (χ3n) is 2.71. The lowest BCUT2D eigenvalue weighted by molar-refractivity contribution is 0.619. The van der Waals surface area contributed by atoms with Crippen molar-refractivity contribution in [1.29, 1.82) is 0 Å². The molecule has 4 heteroatoms. The minimum absolute atomic E-state index is 0.186. The molecule has 0 saturated heterocycles. The number of hydrogen-bond donors (Lipinski definition) is 1. The van der Waals surface area contributed by atoms with Gasteiger partial charge in [-0.05, 0) is 30.2 Å². The Bertz CT molecular complexity index is 505. The number of aromatic nitrogens is 2. The van der Waals surface area contributed by atoms with Gasteiger partial charge in [-0.15, -0.1) is 0 Å². The van der Waals surface area contributed by atoms with E-state index in [0.717, 1.165) is 23.2 Å². The van der Waals surface area contributed by atoms with E-state index in [0.29, 0.717) is 6.54 Å². The van der Waals surface area contributed by atoms with Crippen LogP contribution in [0.3, 0.4) is 0 Å². The van der Waals surface area contributed by atoms with E-state index in [4.69, 9.17) is 0 Å². The molecule has 90 valence electrons. The van der Waals surface area contributed by atoms with E-state index < -0.39 is 0 Å². The number of aryl methyl sites for hydroxylation is 2. The quantitative estimate of drug-likeness (QED) is 0.877. The summed E-state index contributed by atoms with van der Waals surface area (Å²) in [5.41, 5.74) is 3.22. The molecule has 17 heavy (non-hydrogen) atoms. The van der Waals surface area contributed by atoms with Crippen LogP contribution in [0.15, 0.2) is 30.6 Å². The summed E-state index contributed by atoms with van der Waals surface area (Å²) in [5.74, 6) is -0.186. The summed E-state index contributed by atoms with van der Waals surface area (Å²) in [4.78, 5) is 0. The van der Waals surface area contributed by atoms with Crippen molar-refractivity contribution in [2.45, 2.75) is 20.0 Å². The predicted octanol–water partition coefficient (Wildman–Crippen LogP) is 2.16. The van der Waals surface area contributed by atoms with Gasteiger partial charge in [-0.1, -0.05) is 6.07 Å². The van der Waals surface area contributed by atoms with Crippen LogP contribution in [0, 0.1) is 12.7 Å². The van der Waals surface area contributed by atoms with Crippen molar-refractivity contribution in [3.63, 3.8) is 0 Å². The lowest BCUT2D eigenvalue weighted by Gasteiger charge is -2.07. The predicted molar refractivity (Wildman–Crippen MR) is 64.9 cm³/mol. The van der Waals surface area contributed by atoms with Crippen LogP contribution < -0.4 is 5.32 Å². The Morgan fingerprint density at radius 1 is 1.35 bits per heavy atom. The van der Waals surface area contributed by atoms with Crippen LogP contribution in [0.25, 0.3) is 0 Å². The molecule has 0 aliphatic carbocycles. The zero-order chi connectivity index (χ0) is 12.3. The van der Waals surface area contributed by atoms with Gasteiger partial charge in [0, 0.05) is 31.9 Å². The van der Waals surface area contributed by atoms with Gasteiger partial charge in [0.05, 0.1) is 6.20 Å². The molecule has 0 atom stereocenters. The van der Waals surface area contributed by atoms with E-state index in [2.05, 4.69) is 10.4 Å². The van der Waals surface area contributed by atoms with Crippen molar-refractivity contribution in [3.05, 3.63) is 53.1 Å². The maximum absolute atomic E-state index is 13.1. The van der Waals surface area contributed by atoms with E-state index in [1.165, 1.54) is 6.07 Å². The number of nitrogens with one attached hydrogen (secondary N) is 1. The number of rotatable bonds is 4. The Morgan fingerprint density at radius 3 is 2.88 bits per heavy atom. The normalized spacial score (nSPS) is 10.8. The van der Waals surface area contributed by atoms with Gasteiger partial charge in [0.15, 0.2) is 0 Å². The lowest BCUT2D eigenvalue weighted by Crippen LogP contribution is -2.13. The number of nitrogens with zero attached hydrogens (tertiary/aromatic N) is 2. The van der Waals surface area contributed by atoms with Crippen molar-refractivity contribution in [1.82, 2.24) is 15.1 Å². The molecule has 1 aromatic carbocycles. The maximum Gasteiger partial charge on any atom is 0.123 e. The first-order valence-electron chi connectivity index (χ1n) is 5.58. The highest BCUT2D eigenvalue weighted by molar-refractivity contribution is 5.26. The minimum Gasteiger partial charge on any atom is -0.308 e. The molecule has 1 heterocycles. The Balaban J connectivity index is 1.91. The molecule has 0 aliphatic heterocycles. The van der Waals surface area contributed by atoms with Gasteiger partial charge in [0.1, 0.15) is 5.82 Å². The van der Waals surface area contributed by atoms with E-state index >= 15 is 0 Å². The van der Waals surface area contributed by atoms with Crippen molar-refractivity contribution in [3.8, 4) is 0 Å². The molecule has 0 fully saturated rings. The van der Waals surface area contributed by atoms with Crippen molar-refractivity contribution in [2.75, 3.05) is 0 Å². The van der Waals surface area contributed by atoms with Crippen LogP contribution in [0.2, 0.25) is 0 Å². The average molecular weight is 233 g/mol. The van der Waals surface area contributed by atoms with Crippen LogP contribution in [-0.4, -0.2) is 9.78 Å². The lowest BCUT2D eigenvalue weighted by atomic mass is 10.1. The summed E-state index contributed by atoms with van der Waals surface area (Å²) in [5, 5.41) is 7.37. The van der Waals surface area contributed by atoms with E-state index in [-0.39, 0.29) is 5.82 Å². The molecule has 1 aromatic heterocycles. The molecule has 0 saturated carbocycles. The number of halogens is 1. The first-order chi connectivity index (χ1) is 8.15. The molecular formula is C13H16FN3. The molecule has 0 spiro atoms. The Morgan fingerprint density at radius 2 is 2.18 bits per heavy atom. The third kappa shape index (κ3) is 3.14. The molecule has 0 radical (unpaired) electrons. The standard InChI is InChI=1S/C13H16FN3/c1-10-3-4-13(14)5-12(10)8-15-6-11-7-16-17(2)9-11/h3-5,7,9,15H,6,8H2,1-2H3. The number of benzene rings is 1. The maximum atomic E-state index is 13.1. The van der Waals surface area contributed by atoms with Crippen LogP contribution in [0.4, 0.5) is 4.39 Å². The van der Waals surface area contributed by atoms with Gasteiger partial charge in [-0.3, -0.25) is 4.68 Å². The summed E-state index contributed by atoms with van der Waals surface area (Å²) in [6.45, 7) is 3.39. The van der Waals surface area contributed by atoms with Gasteiger partial charge in [-0.2, -0.15) is 5.10 Å². The fourth-order valence-corrected chi connectivity index (χ4v) is 1.74. The largest absolute Gasteiger partial charge is 0.308 e. The molecule has 0 bridgehead atoms. The molecule has 2 aromatic rings. The summed E-state index contributed by atoms with van der Waals surface area (Å²) in [6, 6.07) is 4.86. The Labute approximate surface area is 100 Å².